The van der Waals surface area contributed by atoms with Crippen molar-refractivity contribution < 1.29 is 14.8 Å². The van der Waals surface area contributed by atoms with Gasteiger partial charge in [-0.2, -0.15) is 5.10 Å². The van der Waals surface area contributed by atoms with Gasteiger partial charge in [-0.05, 0) is 12.1 Å². The number of carbonyl (C=O) groups is 1. The number of phenols is 1. The molecular weight excluding hydrogens is 254 g/mol. The van der Waals surface area contributed by atoms with Crippen molar-refractivity contribution in [1.29, 1.82) is 0 Å². The van der Waals surface area contributed by atoms with Crippen molar-refractivity contribution >= 4 is 17.5 Å². The first-order chi connectivity index (χ1) is 9.08. The molecule has 9 nitrogen and oxygen atoms in total. The average Bonchev–Trinajstić information content (AvgIpc) is 2.39. The number of phenolic OH excluding ortho intramolecular Hbond substituents is 1. The lowest BCUT2D eigenvalue weighted by Gasteiger charge is -2.03. The molecule has 1 aromatic heterocycles. The number of hydrogen-bond acceptors (Lipinski definition) is 7. The molecule has 0 bridgehead atoms. The zero-order chi connectivity index (χ0) is 13.8. The Bertz CT molecular complexity index is 631. The lowest BCUT2D eigenvalue weighted by atomic mass is 10.2. The number of nitrogens with zero attached hydrogens (tertiary/aromatic N) is 4. The van der Waals surface area contributed by atoms with Gasteiger partial charge >= 0.3 is 5.69 Å². The molecule has 0 atom stereocenters. The molecule has 0 saturated carbocycles. The topological polar surface area (TPSA) is 131 Å². The van der Waals surface area contributed by atoms with E-state index in [0.29, 0.717) is 0 Å². The number of benzene rings is 1. The highest BCUT2D eigenvalue weighted by Gasteiger charge is 2.16. The third-order valence-corrected chi connectivity index (χ3v) is 2.14. The summed E-state index contributed by atoms with van der Waals surface area (Å²) in [4.78, 5) is 25.2. The summed E-state index contributed by atoms with van der Waals surface area (Å²) in [6.07, 6.45) is 2.68. The summed E-state index contributed by atoms with van der Waals surface area (Å²) in [6.45, 7) is 0. The van der Waals surface area contributed by atoms with Crippen LogP contribution in [0.1, 0.15) is 10.4 Å². The minimum Gasteiger partial charge on any atom is -0.502 e. The summed E-state index contributed by atoms with van der Waals surface area (Å²) in [5.74, 6) is -1.21. The summed E-state index contributed by atoms with van der Waals surface area (Å²) >= 11 is 0. The standard InChI is InChI=1S/C10H7N5O4/c16-8-5-6(1-2-7(8)15(18)19)9(17)13-10-11-3-4-12-14-10/h1-5,16H,(H,11,13,14,17). The van der Waals surface area contributed by atoms with E-state index in [1.165, 1.54) is 18.5 Å². The van der Waals surface area contributed by atoms with Gasteiger partial charge in [0.25, 0.3) is 5.91 Å². The second-order valence-electron chi connectivity index (χ2n) is 3.38. The lowest BCUT2D eigenvalue weighted by molar-refractivity contribution is -0.385. The molecule has 0 aliphatic heterocycles. The number of hydrogen-bond donors (Lipinski definition) is 2. The van der Waals surface area contributed by atoms with E-state index in [1.54, 1.807) is 0 Å². The fraction of sp³-hybridized carbons (Fsp3) is 0. The Kier molecular flexibility index (Phi) is 3.28. The largest absolute Gasteiger partial charge is 0.502 e. The smallest absolute Gasteiger partial charge is 0.310 e. The van der Waals surface area contributed by atoms with E-state index in [9.17, 15) is 20.0 Å². The van der Waals surface area contributed by atoms with E-state index >= 15 is 0 Å². The van der Waals surface area contributed by atoms with Gasteiger partial charge in [0.1, 0.15) is 0 Å². The predicted molar refractivity (Wildman–Crippen MR) is 62.5 cm³/mol. The van der Waals surface area contributed by atoms with Crippen LogP contribution in [0.2, 0.25) is 0 Å². The summed E-state index contributed by atoms with van der Waals surface area (Å²) in [7, 11) is 0. The quantitative estimate of drug-likeness (QED) is 0.615. The van der Waals surface area contributed by atoms with E-state index in [1.807, 2.05) is 0 Å². The number of nitro benzene ring substituents is 1. The van der Waals surface area contributed by atoms with Crippen molar-refractivity contribution in [3.8, 4) is 5.75 Å². The number of amides is 1. The van der Waals surface area contributed by atoms with Crippen molar-refractivity contribution in [1.82, 2.24) is 15.2 Å². The second-order valence-corrected chi connectivity index (χ2v) is 3.38. The molecule has 2 N–H and O–H groups in total. The number of nitro groups is 1. The number of nitrogens with one attached hydrogen (secondary N) is 1. The highest BCUT2D eigenvalue weighted by molar-refractivity contribution is 6.03. The lowest BCUT2D eigenvalue weighted by Crippen LogP contribution is -2.14. The summed E-state index contributed by atoms with van der Waals surface area (Å²) in [5, 5.41) is 29.3. The summed E-state index contributed by atoms with van der Waals surface area (Å²) < 4.78 is 0. The number of aromatic hydroxyl groups is 1. The molecule has 0 fully saturated rings. The fourth-order valence-corrected chi connectivity index (χ4v) is 1.30. The van der Waals surface area contributed by atoms with Crippen LogP contribution in [0.25, 0.3) is 0 Å². The van der Waals surface area contributed by atoms with E-state index in [2.05, 4.69) is 20.5 Å². The third-order valence-electron chi connectivity index (χ3n) is 2.14. The Hall–Kier alpha value is -3.10. The maximum Gasteiger partial charge on any atom is 0.310 e. The predicted octanol–water partition coefficient (Wildman–Crippen LogP) is 0.738. The van der Waals surface area contributed by atoms with Gasteiger partial charge in [-0.1, -0.05) is 0 Å². The minimum atomic E-state index is -0.749. The molecular formula is C10H7N5O4. The molecule has 9 heteroatoms. The number of carbonyl (C=O) groups excluding carboxylic acids is 1. The minimum absolute atomic E-state index is 0.00894. The first kappa shape index (κ1) is 12.4. The summed E-state index contributed by atoms with van der Waals surface area (Å²) in [6, 6.07) is 3.24. The first-order valence-corrected chi connectivity index (χ1v) is 5.00. The highest BCUT2D eigenvalue weighted by atomic mass is 16.6. The Labute approximate surface area is 106 Å². The first-order valence-electron chi connectivity index (χ1n) is 5.00. The Balaban J connectivity index is 2.21. The molecule has 1 aromatic carbocycles. The molecule has 0 saturated heterocycles. The van der Waals surface area contributed by atoms with E-state index < -0.39 is 22.3 Å². The highest BCUT2D eigenvalue weighted by Crippen LogP contribution is 2.26. The molecule has 0 aliphatic rings. The van der Waals surface area contributed by atoms with Crippen LogP contribution in [0.15, 0.2) is 30.6 Å². The van der Waals surface area contributed by atoms with Gasteiger partial charge in [-0.25, -0.2) is 4.98 Å². The van der Waals surface area contributed by atoms with Crippen LogP contribution in [0, 0.1) is 10.1 Å². The molecule has 0 spiro atoms. The Morgan fingerprint density at radius 2 is 2.16 bits per heavy atom. The van der Waals surface area contributed by atoms with Crippen molar-refractivity contribution in [3.05, 3.63) is 46.3 Å². The van der Waals surface area contributed by atoms with Crippen molar-refractivity contribution in [3.63, 3.8) is 0 Å². The Morgan fingerprint density at radius 3 is 2.74 bits per heavy atom. The third kappa shape index (κ3) is 2.77. The Morgan fingerprint density at radius 1 is 1.37 bits per heavy atom. The molecule has 2 rings (SSSR count). The van der Waals surface area contributed by atoms with Crippen molar-refractivity contribution in [2.45, 2.75) is 0 Å². The van der Waals surface area contributed by atoms with Crippen LogP contribution in [0.5, 0.6) is 5.75 Å². The SMILES string of the molecule is O=C(Nc1nccnn1)c1ccc([N+](=O)[O-])c(O)c1. The van der Waals surface area contributed by atoms with Gasteiger partial charge in [-0.15, -0.1) is 5.10 Å². The number of rotatable bonds is 3. The molecule has 0 aliphatic carbocycles. The zero-order valence-electron chi connectivity index (χ0n) is 9.35. The van der Waals surface area contributed by atoms with Gasteiger partial charge in [-0.3, -0.25) is 20.2 Å². The number of aromatic nitrogens is 3. The zero-order valence-corrected chi connectivity index (χ0v) is 9.35. The maximum absolute atomic E-state index is 11.7. The van der Waals surface area contributed by atoms with Gasteiger partial charge in [0.05, 0.1) is 17.3 Å². The molecule has 1 heterocycles. The average molecular weight is 261 g/mol. The van der Waals surface area contributed by atoms with E-state index in [4.69, 9.17) is 0 Å². The van der Waals surface area contributed by atoms with Crippen LogP contribution < -0.4 is 5.32 Å². The molecule has 96 valence electrons. The molecule has 0 unspecified atom stereocenters. The van der Waals surface area contributed by atoms with Crippen molar-refractivity contribution in [2.24, 2.45) is 0 Å². The van der Waals surface area contributed by atoms with Crippen LogP contribution in [-0.2, 0) is 0 Å². The van der Waals surface area contributed by atoms with Gasteiger partial charge < -0.3 is 5.11 Å². The van der Waals surface area contributed by atoms with Gasteiger partial charge in [0, 0.05) is 11.6 Å². The maximum atomic E-state index is 11.7. The molecule has 19 heavy (non-hydrogen) atoms. The monoisotopic (exact) mass is 261 g/mol. The van der Waals surface area contributed by atoms with Crippen LogP contribution in [0.4, 0.5) is 11.6 Å². The van der Waals surface area contributed by atoms with E-state index in [-0.39, 0.29) is 11.5 Å². The van der Waals surface area contributed by atoms with Gasteiger partial charge in [0.2, 0.25) is 5.95 Å². The second kappa shape index (κ2) is 5.04. The normalized spacial score (nSPS) is 9.89. The van der Waals surface area contributed by atoms with E-state index in [0.717, 1.165) is 12.1 Å². The van der Waals surface area contributed by atoms with Gasteiger partial charge in [0.15, 0.2) is 5.75 Å². The van der Waals surface area contributed by atoms with Crippen LogP contribution >= 0.6 is 0 Å². The fourth-order valence-electron chi connectivity index (χ4n) is 1.30. The molecule has 2 aromatic rings. The number of anilines is 1. The van der Waals surface area contributed by atoms with Crippen molar-refractivity contribution in [2.75, 3.05) is 5.32 Å². The molecule has 0 radical (unpaired) electrons. The molecule has 1 amide bonds. The van der Waals surface area contributed by atoms with Crippen LogP contribution in [-0.4, -0.2) is 31.1 Å². The van der Waals surface area contributed by atoms with Crippen LogP contribution in [0.3, 0.4) is 0 Å². The summed E-state index contributed by atoms with van der Waals surface area (Å²) in [5.41, 5.74) is -0.440.